The van der Waals surface area contributed by atoms with E-state index in [0.717, 1.165) is 50.4 Å². The summed E-state index contributed by atoms with van der Waals surface area (Å²) in [5.74, 6) is 3.42. The fourth-order valence-electron chi connectivity index (χ4n) is 4.60. The molecule has 2 aliphatic carbocycles. The molecule has 25 heavy (non-hydrogen) atoms. The number of oxazole rings is 1. The van der Waals surface area contributed by atoms with E-state index in [1.54, 1.807) is 13.8 Å². The molecule has 7 heteroatoms. The summed E-state index contributed by atoms with van der Waals surface area (Å²) in [4.78, 5) is 19.1. The van der Waals surface area contributed by atoms with Crippen molar-refractivity contribution in [2.45, 2.75) is 57.3 Å². The van der Waals surface area contributed by atoms with Gasteiger partial charge in [-0.2, -0.15) is 0 Å². The SMILES string of the molecule is Cc1nc(C(=O)N2C[C@@H]3CCC[C@]3(c3nnc(C4CC4)o3)C2)c(C)o1. The van der Waals surface area contributed by atoms with E-state index in [1.165, 1.54) is 0 Å². The zero-order chi connectivity index (χ0) is 17.2. The Morgan fingerprint density at radius 2 is 2.04 bits per heavy atom. The third-order valence-corrected chi connectivity index (χ3v) is 6.06. The van der Waals surface area contributed by atoms with Crippen LogP contribution in [0.15, 0.2) is 8.83 Å². The molecule has 0 unspecified atom stereocenters. The Hall–Kier alpha value is -2.18. The largest absolute Gasteiger partial charge is 0.445 e. The van der Waals surface area contributed by atoms with Gasteiger partial charge in [-0.1, -0.05) is 6.42 Å². The molecule has 132 valence electrons. The Kier molecular flexibility index (Phi) is 3.12. The summed E-state index contributed by atoms with van der Waals surface area (Å²) in [6.45, 7) is 4.92. The molecule has 0 aromatic carbocycles. The smallest absolute Gasteiger partial charge is 0.276 e. The lowest BCUT2D eigenvalue weighted by Gasteiger charge is -2.24. The number of hydrogen-bond acceptors (Lipinski definition) is 6. The molecule has 2 saturated carbocycles. The van der Waals surface area contributed by atoms with Crippen molar-refractivity contribution in [3.8, 4) is 0 Å². The molecule has 3 heterocycles. The lowest BCUT2D eigenvalue weighted by molar-refractivity contribution is 0.0768. The number of aryl methyl sites for hydroxylation is 2. The summed E-state index contributed by atoms with van der Waals surface area (Å²) in [6, 6.07) is 0. The van der Waals surface area contributed by atoms with Crippen molar-refractivity contribution in [1.82, 2.24) is 20.1 Å². The van der Waals surface area contributed by atoms with Crippen molar-refractivity contribution in [2.24, 2.45) is 5.92 Å². The Balaban J connectivity index is 1.44. The van der Waals surface area contributed by atoms with Crippen molar-refractivity contribution < 1.29 is 13.6 Å². The van der Waals surface area contributed by atoms with E-state index in [-0.39, 0.29) is 11.3 Å². The highest BCUT2D eigenvalue weighted by molar-refractivity contribution is 5.93. The van der Waals surface area contributed by atoms with Crippen LogP contribution in [0, 0.1) is 19.8 Å². The van der Waals surface area contributed by atoms with Gasteiger partial charge in [-0.25, -0.2) is 4.98 Å². The first-order chi connectivity index (χ1) is 12.1. The molecule has 1 amide bonds. The minimum Gasteiger partial charge on any atom is -0.445 e. The molecule has 1 aliphatic heterocycles. The summed E-state index contributed by atoms with van der Waals surface area (Å²) in [5, 5.41) is 8.67. The van der Waals surface area contributed by atoms with E-state index in [0.29, 0.717) is 35.7 Å². The molecule has 2 atom stereocenters. The van der Waals surface area contributed by atoms with Crippen molar-refractivity contribution >= 4 is 5.91 Å². The summed E-state index contributed by atoms with van der Waals surface area (Å²) in [6.07, 6.45) is 5.54. The van der Waals surface area contributed by atoms with Gasteiger partial charge in [-0.15, -0.1) is 10.2 Å². The van der Waals surface area contributed by atoms with Crippen LogP contribution in [-0.4, -0.2) is 39.1 Å². The van der Waals surface area contributed by atoms with Gasteiger partial charge in [0.15, 0.2) is 11.6 Å². The van der Waals surface area contributed by atoms with Crippen molar-refractivity contribution in [1.29, 1.82) is 0 Å². The van der Waals surface area contributed by atoms with Crippen LogP contribution in [0.4, 0.5) is 0 Å². The van der Waals surface area contributed by atoms with Gasteiger partial charge in [0.05, 0.1) is 5.41 Å². The van der Waals surface area contributed by atoms with Crippen molar-refractivity contribution in [3.63, 3.8) is 0 Å². The number of likely N-dealkylation sites (tertiary alicyclic amines) is 1. The van der Waals surface area contributed by atoms with Crippen molar-refractivity contribution in [2.75, 3.05) is 13.1 Å². The lowest BCUT2D eigenvalue weighted by Crippen LogP contribution is -2.35. The average molecular weight is 342 g/mol. The van der Waals surface area contributed by atoms with Crippen LogP contribution < -0.4 is 0 Å². The Morgan fingerprint density at radius 3 is 2.76 bits per heavy atom. The van der Waals surface area contributed by atoms with Gasteiger partial charge in [-0.05, 0) is 38.5 Å². The molecule has 2 aromatic heterocycles. The molecule has 5 rings (SSSR count). The molecule has 7 nitrogen and oxygen atoms in total. The second kappa shape index (κ2) is 5.16. The first-order valence-corrected chi connectivity index (χ1v) is 9.14. The fraction of sp³-hybridized carbons (Fsp3) is 0.667. The van der Waals surface area contributed by atoms with Gasteiger partial charge in [0.2, 0.25) is 11.8 Å². The van der Waals surface area contributed by atoms with Gasteiger partial charge >= 0.3 is 0 Å². The maximum Gasteiger partial charge on any atom is 0.276 e. The van der Waals surface area contributed by atoms with Gasteiger partial charge in [0.1, 0.15) is 5.76 Å². The van der Waals surface area contributed by atoms with Gasteiger partial charge in [-0.3, -0.25) is 4.79 Å². The fourth-order valence-corrected chi connectivity index (χ4v) is 4.60. The third kappa shape index (κ3) is 2.24. The summed E-state index contributed by atoms with van der Waals surface area (Å²) in [7, 11) is 0. The molecular formula is C18H22N4O3. The molecule has 1 saturated heterocycles. The minimum atomic E-state index is -0.178. The Morgan fingerprint density at radius 1 is 1.20 bits per heavy atom. The summed E-state index contributed by atoms with van der Waals surface area (Å²) in [5.41, 5.74) is 0.250. The van der Waals surface area contributed by atoms with E-state index < -0.39 is 0 Å². The minimum absolute atomic E-state index is 0.0509. The molecule has 0 N–H and O–H groups in total. The predicted molar refractivity (Wildman–Crippen MR) is 87.2 cm³/mol. The maximum atomic E-state index is 12.9. The number of carbonyl (C=O) groups is 1. The monoisotopic (exact) mass is 342 g/mol. The van der Waals surface area contributed by atoms with Crippen molar-refractivity contribution in [3.05, 3.63) is 29.1 Å². The Labute approximate surface area is 145 Å². The number of carbonyl (C=O) groups excluding carboxylic acids is 1. The number of hydrogen-bond donors (Lipinski definition) is 0. The average Bonchev–Trinajstić information content (AvgIpc) is 2.94. The quantitative estimate of drug-likeness (QED) is 0.852. The highest BCUT2D eigenvalue weighted by Crippen LogP contribution is 2.51. The molecule has 3 fully saturated rings. The molecular weight excluding hydrogens is 320 g/mol. The van der Waals surface area contributed by atoms with E-state index in [1.807, 2.05) is 4.90 Å². The van der Waals surface area contributed by atoms with E-state index in [2.05, 4.69) is 15.2 Å². The van der Waals surface area contributed by atoms with Crippen LogP contribution in [0.1, 0.15) is 71.9 Å². The standard InChI is InChI=1S/C18H22N4O3/c1-10-14(19-11(2)24-10)16(23)22-8-13-4-3-7-18(13,9-22)17-21-20-15(25-17)12-5-6-12/h12-13H,3-9H2,1-2H3/t13-,18-/m0/s1. The molecule has 0 radical (unpaired) electrons. The van der Waals surface area contributed by atoms with Gasteiger partial charge in [0.25, 0.3) is 5.91 Å². The first-order valence-electron chi connectivity index (χ1n) is 9.14. The van der Waals surface area contributed by atoms with E-state index >= 15 is 0 Å². The zero-order valence-electron chi connectivity index (χ0n) is 14.6. The highest BCUT2D eigenvalue weighted by Gasteiger charge is 2.55. The topological polar surface area (TPSA) is 85.3 Å². The van der Waals surface area contributed by atoms with Crippen LogP contribution in [-0.2, 0) is 5.41 Å². The second-order valence-corrected chi connectivity index (χ2v) is 7.79. The van der Waals surface area contributed by atoms with E-state index in [9.17, 15) is 4.79 Å². The third-order valence-electron chi connectivity index (χ3n) is 6.06. The lowest BCUT2D eigenvalue weighted by atomic mass is 9.80. The molecule has 0 bridgehead atoms. The maximum absolute atomic E-state index is 12.9. The number of nitrogens with zero attached hydrogens (tertiary/aromatic N) is 4. The zero-order valence-corrected chi connectivity index (χ0v) is 14.6. The normalized spacial score (nSPS) is 28.6. The molecule has 0 spiro atoms. The summed E-state index contributed by atoms with van der Waals surface area (Å²) >= 11 is 0. The van der Waals surface area contributed by atoms with E-state index in [4.69, 9.17) is 8.83 Å². The molecule has 3 aliphatic rings. The van der Waals surface area contributed by atoms with Crippen LogP contribution in [0.5, 0.6) is 0 Å². The van der Waals surface area contributed by atoms with Gasteiger partial charge in [0, 0.05) is 25.9 Å². The number of amides is 1. The second-order valence-electron chi connectivity index (χ2n) is 7.79. The Bertz CT molecular complexity index is 837. The van der Waals surface area contributed by atoms with Crippen LogP contribution >= 0.6 is 0 Å². The van der Waals surface area contributed by atoms with Gasteiger partial charge < -0.3 is 13.7 Å². The highest BCUT2D eigenvalue weighted by atomic mass is 16.4. The number of aromatic nitrogens is 3. The molecule has 2 aromatic rings. The first kappa shape index (κ1) is 15.1. The number of rotatable bonds is 3. The predicted octanol–water partition coefficient (Wildman–Crippen LogP) is 2.75. The van der Waals surface area contributed by atoms with Crippen LogP contribution in [0.2, 0.25) is 0 Å². The number of fused-ring (bicyclic) bond motifs is 1. The summed E-state index contributed by atoms with van der Waals surface area (Å²) < 4.78 is 11.5. The van der Waals surface area contributed by atoms with Crippen LogP contribution in [0.25, 0.3) is 0 Å². The van der Waals surface area contributed by atoms with Crippen LogP contribution in [0.3, 0.4) is 0 Å².